The summed E-state index contributed by atoms with van der Waals surface area (Å²) < 4.78 is 14.7. The first-order chi connectivity index (χ1) is 8.49. The summed E-state index contributed by atoms with van der Waals surface area (Å²) in [6.45, 7) is 3.62. The van der Waals surface area contributed by atoms with Crippen molar-refractivity contribution in [1.82, 2.24) is 9.78 Å². The maximum Gasteiger partial charge on any atom is 0.259 e. The van der Waals surface area contributed by atoms with Crippen LogP contribution in [0.3, 0.4) is 0 Å². The van der Waals surface area contributed by atoms with Crippen LogP contribution in [-0.2, 0) is 7.05 Å². The monoisotopic (exact) mass is 247 g/mol. The SMILES string of the molecule is Cc1ccc(F)cc1NC(=O)c1cnn(C)c1C. The highest BCUT2D eigenvalue weighted by Gasteiger charge is 2.13. The number of anilines is 1. The average Bonchev–Trinajstić information content (AvgIpc) is 2.65. The van der Waals surface area contributed by atoms with E-state index in [-0.39, 0.29) is 11.7 Å². The molecule has 0 unspecified atom stereocenters. The molecule has 0 spiro atoms. The molecule has 1 aromatic heterocycles. The maximum atomic E-state index is 13.1. The van der Waals surface area contributed by atoms with Gasteiger partial charge in [-0.05, 0) is 31.5 Å². The number of hydrogen-bond donors (Lipinski definition) is 1. The average molecular weight is 247 g/mol. The first-order valence-corrected chi connectivity index (χ1v) is 5.55. The minimum atomic E-state index is -0.376. The van der Waals surface area contributed by atoms with Gasteiger partial charge in [-0.3, -0.25) is 9.48 Å². The van der Waals surface area contributed by atoms with Gasteiger partial charge in [0, 0.05) is 18.4 Å². The quantitative estimate of drug-likeness (QED) is 0.886. The van der Waals surface area contributed by atoms with Crippen molar-refractivity contribution in [2.24, 2.45) is 7.05 Å². The van der Waals surface area contributed by atoms with Gasteiger partial charge in [-0.15, -0.1) is 0 Å². The van der Waals surface area contributed by atoms with E-state index in [1.54, 1.807) is 24.7 Å². The molecule has 5 heteroatoms. The van der Waals surface area contributed by atoms with E-state index in [1.165, 1.54) is 18.3 Å². The zero-order chi connectivity index (χ0) is 13.3. The Morgan fingerprint density at radius 2 is 2.11 bits per heavy atom. The van der Waals surface area contributed by atoms with Crippen LogP contribution in [0.5, 0.6) is 0 Å². The summed E-state index contributed by atoms with van der Waals surface area (Å²) in [6.07, 6.45) is 1.50. The van der Waals surface area contributed by atoms with Crippen LogP contribution >= 0.6 is 0 Å². The predicted molar refractivity (Wildman–Crippen MR) is 67.0 cm³/mol. The number of aromatic nitrogens is 2. The Labute approximate surface area is 104 Å². The van der Waals surface area contributed by atoms with Crippen molar-refractivity contribution in [1.29, 1.82) is 0 Å². The smallest absolute Gasteiger partial charge is 0.259 e. The normalized spacial score (nSPS) is 10.4. The summed E-state index contributed by atoms with van der Waals surface area (Å²) in [5.74, 6) is -0.659. The Morgan fingerprint density at radius 3 is 2.72 bits per heavy atom. The molecule has 0 bridgehead atoms. The molecule has 2 rings (SSSR count). The number of carbonyl (C=O) groups excluding carboxylic acids is 1. The molecule has 0 radical (unpaired) electrons. The van der Waals surface area contributed by atoms with E-state index in [4.69, 9.17) is 0 Å². The molecule has 0 saturated heterocycles. The van der Waals surface area contributed by atoms with Crippen LogP contribution in [0.25, 0.3) is 0 Å². The topological polar surface area (TPSA) is 46.9 Å². The van der Waals surface area contributed by atoms with Gasteiger partial charge in [0.05, 0.1) is 11.8 Å². The zero-order valence-electron chi connectivity index (χ0n) is 10.5. The van der Waals surface area contributed by atoms with Crippen LogP contribution in [0.2, 0.25) is 0 Å². The first kappa shape index (κ1) is 12.3. The molecule has 0 fully saturated rings. The lowest BCUT2D eigenvalue weighted by Gasteiger charge is -2.08. The highest BCUT2D eigenvalue weighted by molar-refractivity contribution is 6.05. The largest absolute Gasteiger partial charge is 0.322 e. The summed E-state index contributed by atoms with van der Waals surface area (Å²) in [7, 11) is 1.76. The Hall–Kier alpha value is -2.17. The van der Waals surface area contributed by atoms with Crippen LogP contribution in [0, 0.1) is 19.7 Å². The summed E-state index contributed by atoms with van der Waals surface area (Å²) >= 11 is 0. The number of nitrogens with zero attached hydrogens (tertiary/aromatic N) is 2. The third-order valence-corrected chi connectivity index (χ3v) is 2.93. The molecule has 2 aromatic rings. The standard InChI is InChI=1S/C13H14FN3O/c1-8-4-5-10(14)6-12(8)16-13(18)11-7-15-17(3)9(11)2/h4-7H,1-3H3,(H,16,18). The number of nitrogens with one attached hydrogen (secondary N) is 1. The molecule has 0 aliphatic carbocycles. The fourth-order valence-corrected chi connectivity index (χ4v) is 1.64. The summed E-state index contributed by atoms with van der Waals surface area (Å²) in [5, 5.41) is 6.69. The zero-order valence-corrected chi connectivity index (χ0v) is 10.5. The second kappa shape index (κ2) is 4.60. The Morgan fingerprint density at radius 1 is 1.39 bits per heavy atom. The van der Waals surface area contributed by atoms with Gasteiger partial charge in [0.1, 0.15) is 5.82 Å². The van der Waals surface area contributed by atoms with Gasteiger partial charge in [-0.1, -0.05) is 6.07 Å². The van der Waals surface area contributed by atoms with Gasteiger partial charge in [0.2, 0.25) is 0 Å². The van der Waals surface area contributed by atoms with Gasteiger partial charge in [-0.2, -0.15) is 5.10 Å². The number of benzene rings is 1. The molecule has 1 heterocycles. The van der Waals surface area contributed by atoms with Crippen molar-refractivity contribution < 1.29 is 9.18 Å². The fourth-order valence-electron chi connectivity index (χ4n) is 1.64. The highest BCUT2D eigenvalue weighted by atomic mass is 19.1. The lowest BCUT2D eigenvalue weighted by molar-refractivity contribution is 0.102. The number of aryl methyl sites for hydroxylation is 2. The molecule has 0 aliphatic rings. The van der Waals surface area contributed by atoms with Crippen LogP contribution < -0.4 is 5.32 Å². The molecular weight excluding hydrogens is 233 g/mol. The molecule has 0 atom stereocenters. The van der Waals surface area contributed by atoms with E-state index in [0.717, 1.165) is 11.3 Å². The molecular formula is C13H14FN3O. The van der Waals surface area contributed by atoms with Gasteiger partial charge >= 0.3 is 0 Å². The van der Waals surface area contributed by atoms with E-state index < -0.39 is 0 Å². The van der Waals surface area contributed by atoms with Gasteiger partial charge in [0.25, 0.3) is 5.91 Å². The third-order valence-electron chi connectivity index (χ3n) is 2.93. The van der Waals surface area contributed by atoms with Crippen molar-refractivity contribution in [3.8, 4) is 0 Å². The number of amides is 1. The van der Waals surface area contributed by atoms with E-state index in [0.29, 0.717) is 11.3 Å². The van der Waals surface area contributed by atoms with Crippen LogP contribution in [0.1, 0.15) is 21.6 Å². The summed E-state index contributed by atoms with van der Waals surface area (Å²) in [5.41, 5.74) is 2.54. The van der Waals surface area contributed by atoms with Gasteiger partial charge < -0.3 is 5.32 Å². The fraction of sp³-hybridized carbons (Fsp3) is 0.231. The Bertz CT molecular complexity index is 604. The van der Waals surface area contributed by atoms with Gasteiger partial charge in [-0.25, -0.2) is 4.39 Å². The number of halogens is 1. The van der Waals surface area contributed by atoms with Gasteiger partial charge in [0.15, 0.2) is 0 Å². The van der Waals surface area contributed by atoms with Crippen molar-refractivity contribution in [2.75, 3.05) is 5.32 Å². The minimum Gasteiger partial charge on any atom is -0.322 e. The van der Waals surface area contributed by atoms with Crippen molar-refractivity contribution in [3.05, 3.63) is 47.0 Å². The van der Waals surface area contributed by atoms with E-state index in [9.17, 15) is 9.18 Å². The van der Waals surface area contributed by atoms with Crippen molar-refractivity contribution in [2.45, 2.75) is 13.8 Å². The third kappa shape index (κ3) is 2.25. The lowest BCUT2D eigenvalue weighted by Crippen LogP contribution is -2.14. The molecule has 0 aliphatic heterocycles. The van der Waals surface area contributed by atoms with Crippen LogP contribution in [0.4, 0.5) is 10.1 Å². The molecule has 18 heavy (non-hydrogen) atoms. The summed E-state index contributed by atoms with van der Waals surface area (Å²) in [6, 6.07) is 4.29. The van der Waals surface area contributed by atoms with E-state index in [1.807, 2.05) is 6.92 Å². The molecule has 1 amide bonds. The highest BCUT2D eigenvalue weighted by Crippen LogP contribution is 2.17. The predicted octanol–water partition coefficient (Wildman–Crippen LogP) is 2.43. The van der Waals surface area contributed by atoms with E-state index in [2.05, 4.69) is 10.4 Å². The number of rotatable bonds is 2. The van der Waals surface area contributed by atoms with Crippen LogP contribution in [0.15, 0.2) is 24.4 Å². The Balaban J connectivity index is 2.27. The second-order valence-electron chi connectivity index (χ2n) is 4.18. The number of hydrogen-bond acceptors (Lipinski definition) is 2. The second-order valence-corrected chi connectivity index (χ2v) is 4.18. The molecule has 1 N–H and O–H groups in total. The van der Waals surface area contributed by atoms with Crippen molar-refractivity contribution in [3.63, 3.8) is 0 Å². The lowest BCUT2D eigenvalue weighted by atomic mass is 10.2. The molecule has 94 valence electrons. The maximum absolute atomic E-state index is 13.1. The minimum absolute atomic E-state index is 0.283. The number of carbonyl (C=O) groups is 1. The molecule has 1 aromatic carbocycles. The molecule has 4 nitrogen and oxygen atoms in total. The van der Waals surface area contributed by atoms with E-state index >= 15 is 0 Å². The Kier molecular flexibility index (Phi) is 3.14. The molecule has 0 saturated carbocycles. The van der Waals surface area contributed by atoms with Crippen molar-refractivity contribution >= 4 is 11.6 Å². The summed E-state index contributed by atoms with van der Waals surface area (Å²) in [4.78, 5) is 12.0. The first-order valence-electron chi connectivity index (χ1n) is 5.55. The van der Waals surface area contributed by atoms with Crippen LogP contribution in [-0.4, -0.2) is 15.7 Å².